The van der Waals surface area contributed by atoms with Crippen LogP contribution in [-0.4, -0.2) is 37.5 Å². The predicted molar refractivity (Wildman–Crippen MR) is 89.3 cm³/mol. The Kier molecular flexibility index (Phi) is 5.41. The van der Waals surface area contributed by atoms with Gasteiger partial charge in [0.05, 0.1) is 16.5 Å². The third kappa shape index (κ3) is 4.40. The number of carbonyl (C=O) groups is 1. The Bertz CT molecular complexity index is 892. The summed E-state index contributed by atoms with van der Waals surface area (Å²) in [4.78, 5) is 17.2. The molecule has 1 aromatic carbocycles. The van der Waals surface area contributed by atoms with Gasteiger partial charge in [-0.1, -0.05) is 12.1 Å². The van der Waals surface area contributed by atoms with Crippen molar-refractivity contribution in [3.8, 4) is 0 Å². The van der Waals surface area contributed by atoms with Gasteiger partial charge < -0.3 is 4.90 Å². The monoisotopic (exact) mass is 386 g/mol. The van der Waals surface area contributed by atoms with E-state index in [2.05, 4.69) is 4.98 Å². The Labute approximate surface area is 149 Å². The van der Waals surface area contributed by atoms with Gasteiger partial charge >= 0.3 is 6.18 Å². The molecule has 0 aliphatic rings. The van der Waals surface area contributed by atoms with Crippen LogP contribution in [0.3, 0.4) is 0 Å². The highest BCUT2D eigenvalue weighted by Gasteiger charge is 2.32. The molecule has 1 amide bonds. The second-order valence-electron chi connectivity index (χ2n) is 5.86. The zero-order chi connectivity index (χ0) is 19.7. The van der Waals surface area contributed by atoms with Gasteiger partial charge in [-0.05, 0) is 36.8 Å². The number of nitrogens with zero attached hydrogens (tertiary/aromatic N) is 2. The summed E-state index contributed by atoms with van der Waals surface area (Å²) >= 11 is 0. The third-order valence-electron chi connectivity index (χ3n) is 3.99. The van der Waals surface area contributed by atoms with Gasteiger partial charge in [0.25, 0.3) is 5.91 Å². The number of sulfone groups is 1. The summed E-state index contributed by atoms with van der Waals surface area (Å²) in [5.74, 6) is -0.495. The first-order valence-electron chi connectivity index (χ1n) is 7.51. The van der Waals surface area contributed by atoms with E-state index in [1.54, 1.807) is 19.1 Å². The maximum atomic E-state index is 12.5. The highest BCUT2D eigenvalue weighted by atomic mass is 32.2. The van der Waals surface area contributed by atoms with Crippen molar-refractivity contribution in [1.82, 2.24) is 9.88 Å². The maximum Gasteiger partial charge on any atom is 0.433 e. The number of aromatic nitrogens is 1. The third-order valence-corrected chi connectivity index (χ3v) is 5.12. The van der Waals surface area contributed by atoms with E-state index in [-0.39, 0.29) is 10.5 Å². The van der Waals surface area contributed by atoms with E-state index in [1.807, 2.05) is 0 Å². The number of rotatable bonds is 4. The number of carbonyl (C=O) groups excluding carboxylic acids is 1. The number of amides is 1. The van der Waals surface area contributed by atoms with Gasteiger partial charge in [0.15, 0.2) is 9.84 Å². The van der Waals surface area contributed by atoms with Crippen LogP contribution in [0.1, 0.15) is 34.6 Å². The van der Waals surface area contributed by atoms with E-state index in [9.17, 15) is 26.4 Å². The molecule has 26 heavy (non-hydrogen) atoms. The van der Waals surface area contributed by atoms with E-state index in [0.717, 1.165) is 24.6 Å². The quantitative estimate of drug-likeness (QED) is 0.808. The number of pyridine rings is 1. The lowest BCUT2D eigenvalue weighted by atomic mass is 10.1. The molecule has 5 nitrogen and oxygen atoms in total. The van der Waals surface area contributed by atoms with E-state index in [0.29, 0.717) is 5.56 Å². The molecule has 0 aliphatic carbocycles. The van der Waals surface area contributed by atoms with Gasteiger partial charge in [-0.15, -0.1) is 0 Å². The summed E-state index contributed by atoms with van der Waals surface area (Å²) in [7, 11) is -1.81. The Morgan fingerprint density at radius 2 is 1.69 bits per heavy atom. The fourth-order valence-corrected chi connectivity index (χ4v) is 2.92. The van der Waals surface area contributed by atoms with Crippen molar-refractivity contribution >= 4 is 15.7 Å². The number of halogens is 3. The fourth-order valence-electron chi connectivity index (χ4n) is 2.28. The Morgan fingerprint density at radius 3 is 2.12 bits per heavy atom. The fraction of sp³-hybridized carbons (Fsp3) is 0.294. The van der Waals surface area contributed by atoms with Gasteiger partial charge in [0.2, 0.25) is 0 Å². The number of benzene rings is 1. The molecule has 0 bridgehead atoms. The standard InChI is InChI=1S/C17H17F3N2O3S/c1-11(12-4-7-14(8-5-12)26(3,24)25)22(2)16(23)13-6-9-15(21-10-13)17(18,19)20/h4-11H,1-3H3. The number of alkyl halides is 3. The minimum atomic E-state index is -4.57. The molecule has 140 valence electrons. The first-order valence-corrected chi connectivity index (χ1v) is 9.41. The Morgan fingerprint density at radius 1 is 1.12 bits per heavy atom. The zero-order valence-electron chi connectivity index (χ0n) is 14.3. The molecule has 1 heterocycles. The molecule has 1 aromatic heterocycles. The van der Waals surface area contributed by atoms with Crippen molar-refractivity contribution in [2.75, 3.05) is 13.3 Å². The van der Waals surface area contributed by atoms with Crippen LogP contribution in [0.25, 0.3) is 0 Å². The maximum absolute atomic E-state index is 12.5. The summed E-state index contributed by atoms with van der Waals surface area (Å²) in [6.07, 6.45) is -2.58. The van der Waals surface area contributed by atoms with Crippen LogP contribution < -0.4 is 0 Å². The molecule has 0 fully saturated rings. The smallest absolute Gasteiger partial charge is 0.335 e. The minimum absolute atomic E-state index is 0.0279. The summed E-state index contributed by atoms with van der Waals surface area (Å²) in [6, 6.07) is 7.49. The number of hydrogen-bond acceptors (Lipinski definition) is 4. The number of hydrogen-bond donors (Lipinski definition) is 0. The molecule has 0 N–H and O–H groups in total. The SMILES string of the molecule is CC(c1ccc(S(C)(=O)=O)cc1)N(C)C(=O)c1ccc(C(F)(F)F)nc1. The Balaban J connectivity index is 2.19. The molecular formula is C17H17F3N2O3S. The van der Waals surface area contributed by atoms with Crippen LogP contribution in [0.4, 0.5) is 13.2 Å². The second-order valence-corrected chi connectivity index (χ2v) is 7.88. The average Bonchev–Trinajstić information content (AvgIpc) is 2.58. The minimum Gasteiger partial charge on any atom is -0.335 e. The Hall–Kier alpha value is -2.42. The molecule has 0 radical (unpaired) electrons. The highest BCUT2D eigenvalue weighted by Crippen LogP contribution is 2.28. The predicted octanol–water partition coefficient (Wildman–Crippen LogP) is 3.34. The van der Waals surface area contributed by atoms with Crippen LogP contribution >= 0.6 is 0 Å². The van der Waals surface area contributed by atoms with Crippen LogP contribution in [0.15, 0.2) is 47.5 Å². The summed E-state index contributed by atoms with van der Waals surface area (Å²) in [5, 5.41) is 0. The van der Waals surface area contributed by atoms with Gasteiger partial charge in [-0.25, -0.2) is 8.42 Å². The van der Waals surface area contributed by atoms with Crippen molar-refractivity contribution < 1.29 is 26.4 Å². The van der Waals surface area contributed by atoms with Crippen molar-refractivity contribution in [3.05, 3.63) is 59.4 Å². The van der Waals surface area contributed by atoms with E-state index >= 15 is 0 Å². The highest BCUT2D eigenvalue weighted by molar-refractivity contribution is 7.90. The largest absolute Gasteiger partial charge is 0.433 e. The molecule has 1 unspecified atom stereocenters. The van der Waals surface area contributed by atoms with Crippen molar-refractivity contribution in [3.63, 3.8) is 0 Å². The first-order chi connectivity index (χ1) is 11.9. The molecule has 0 aliphatic heterocycles. The molecule has 0 saturated heterocycles. The molecular weight excluding hydrogens is 369 g/mol. The van der Waals surface area contributed by atoms with Crippen molar-refractivity contribution in [1.29, 1.82) is 0 Å². The van der Waals surface area contributed by atoms with E-state index in [1.165, 1.54) is 24.1 Å². The molecule has 0 saturated carbocycles. The first kappa shape index (κ1) is 19.9. The van der Waals surface area contributed by atoms with Gasteiger partial charge in [0.1, 0.15) is 5.69 Å². The molecule has 0 spiro atoms. The normalized spacial score (nSPS) is 13.3. The lowest BCUT2D eigenvalue weighted by Gasteiger charge is -2.25. The molecule has 2 aromatic rings. The van der Waals surface area contributed by atoms with E-state index in [4.69, 9.17) is 0 Å². The van der Waals surface area contributed by atoms with Crippen LogP contribution in [0.5, 0.6) is 0 Å². The molecule has 1 atom stereocenters. The van der Waals surface area contributed by atoms with Gasteiger partial charge in [-0.3, -0.25) is 9.78 Å². The topological polar surface area (TPSA) is 67.3 Å². The zero-order valence-corrected chi connectivity index (χ0v) is 15.1. The van der Waals surface area contributed by atoms with Gasteiger partial charge in [-0.2, -0.15) is 13.2 Å². The lowest BCUT2D eigenvalue weighted by molar-refractivity contribution is -0.141. The van der Waals surface area contributed by atoms with Crippen LogP contribution in [-0.2, 0) is 16.0 Å². The van der Waals surface area contributed by atoms with Gasteiger partial charge in [0, 0.05) is 19.5 Å². The molecule has 2 rings (SSSR count). The average molecular weight is 386 g/mol. The van der Waals surface area contributed by atoms with Crippen LogP contribution in [0.2, 0.25) is 0 Å². The van der Waals surface area contributed by atoms with Crippen molar-refractivity contribution in [2.24, 2.45) is 0 Å². The van der Waals surface area contributed by atoms with Crippen molar-refractivity contribution in [2.45, 2.75) is 24.0 Å². The summed E-state index contributed by atoms with van der Waals surface area (Å²) in [6.45, 7) is 1.73. The summed E-state index contributed by atoms with van der Waals surface area (Å²) < 4.78 is 60.6. The van der Waals surface area contributed by atoms with E-state index < -0.39 is 33.7 Å². The van der Waals surface area contributed by atoms with Crippen LogP contribution in [0, 0.1) is 0 Å². The summed E-state index contributed by atoms with van der Waals surface area (Å²) in [5.41, 5.74) is -0.352. The second kappa shape index (κ2) is 7.06. The lowest BCUT2D eigenvalue weighted by Crippen LogP contribution is -2.30. The molecule has 9 heteroatoms.